The number of quaternary nitrogens is 1. The molecule has 0 saturated heterocycles. The Morgan fingerprint density at radius 2 is 0.836 bits per heavy atom. The van der Waals surface area contributed by atoms with Crippen molar-refractivity contribution in [2.24, 2.45) is 0 Å². The van der Waals surface area contributed by atoms with Gasteiger partial charge in [0.05, 0.1) is 33.8 Å². The number of unbranched alkanes of at least 4 members (excludes halogenated alkanes) is 31. The summed E-state index contributed by atoms with van der Waals surface area (Å²) in [6.07, 6.45) is 66.4. The lowest BCUT2D eigenvalue weighted by Crippen LogP contribution is -2.47. The van der Waals surface area contributed by atoms with Crippen molar-refractivity contribution in [1.82, 2.24) is 5.32 Å². The largest absolute Gasteiger partial charge is 0.472 e. The molecule has 0 bridgehead atoms. The first-order valence-corrected chi connectivity index (χ1v) is 32.1. The summed E-state index contributed by atoms with van der Waals surface area (Å²) in [4.78, 5) is 37.6. The Morgan fingerprint density at radius 3 is 1.30 bits per heavy atom. The van der Waals surface area contributed by atoms with Crippen molar-refractivity contribution in [2.75, 3.05) is 40.9 Å². The van der Waals surface area contributed by atoms with Crippen LogP contribution in [-0.4, -0.2) is 74.3 Å². The molecule has 2 N–H and O–H groups in total. The van der Waals surface area contributed by atoms with Crippen LogP contribution in [0.5, 0.6) is 0 Å². The fourth-order valence-corrected chi connectivity index (χ4v) is 9.38. The van der Waals surface area contributed by atoms with E-state index >= 15 is 0 Å². The smallest absolute Gasteiger partial charge is 0.456 e. The second kappa shape index (κ2) is 53.1. The highest BCUT2D eigenvalue weighted by atomic mass is 31.2. The number of rotatable bonds is 55. The standard InChI is InChI=1S/C63H117N2O7P/c1-7-10-13-16-19-22-25-27-29-30-31-32-33-34-36-37-40-43-46-49-52-55-62(66)64-60(59-71-73(68,69)70-58-57-65(4,5)6)61(54-51-48-45-42-39-24-21-18-15-12-9-3)72-63(67)56-53-50-47-44-41-38-35-28-26-23-20-17-14-11-8-2/h19,22-23,26-27,29,31-32,51,54,60-61H,7-18,20-21,24-25,28,30,33-50,52-53,55-59H2,1-6H3,(H-,64,66,68,69)/p+1/b22-19-,26-23-,29-27-,32-31-,54-51-. The minimum absolute atomic E-state index is 0.0369. The second-order valence-corrected chi connectivity index (χ2v) is 23.3. The molecule has 3 atom stereocenters. The maximum atomic E-state index is 13.5. The first-order valence-electron chi connectivity index (χ1n) is 30.6. The van der Waals surface area contributed by atoms with Gasteiger partial charge in [-0.3, -0.25) is 18.6 Å². The third-order valence-electron chi connectivity index (χ3n) is 13.4. The Hall–Kier alpha value is -2.29. The summed E-state index contributed by atoms with van der Waals surface area (Å²) < 4.78 is 30.6. The van der Waals surface area contributed by atoms with E-state index in [1.165, 1.54) is 148 Å². The number of hydrogen-bond donors (Lipinski definition) is 2. The van der Waals surface area contributed by atoms with Crippen molar-refractivity contribution in [3.05, 3.63) is 60.8 Å². The predicted octanol–water partition coefficient (Wildman–Crippen LogP) is 18.7. The van der Waals surface area contributed by atoms with Crippen LogP contribution in [0.3, 0.4) is 0 Å². The first kappa shape index (κ1) is 70.7. The van der Waals surface area contributed by atoms with Crippen molar-refractivity contribution in [1.29, 1.82) is 0 Å². The fraction of sp³-hybridized carbons (Fsp3) is 0.810. The van der Waals surface area contributed by atoms with Gasteiger partial charge in [0.15, 0.2) is 0 Å². The molecule has 0 aromatic heterocycles. The zero-order valence-electron chi connectivity index (χ0n) is 48.6. The number of phosphoric acid groups is 1. The van der Waals surface area contributed by atoms with Crippen molar-refractivity contribution >= 4 is 19.7 Å². The van der Waals surface area contributed by atoms with E-state index in [-0.39, 0.29) is 31.5 Å². The van der Waals surface area contributed by atoms with E-state index in [0.717, 1.165) is 96.3 Å². The lowest BCUT2D eigenvalue weighted by atomic mass is 10.0. The van der Waals surface area contributed by atoms with Crippen molar-refractivity contribution in [3.8, 4) is 0 Å². The van der Waals surface area contributed by atoms with Crippen LogP contribution in [0.15, 0.2) is 60.8 Å². The summed E-state index contributed by atoms with van der Waals surface area (Å²) >= 11 is 0. The molecule has 9 nitrogen and oxygen atoms in total. The van der Waals surface area contributed by atoms with Crippen LogP contribution in [-0.2, 0) is 27.9 Å². The molecule has 0 saturated carbocycles. The van der Waals surface area contributed by atoms with E-state index in [1.807, 2.05) is 33.3 Å². The number of nitrogens with one attached hydrogen (secondary N) is 1. The monoisotopic (exact) mass is 1050 g/mol. The number of esters is 1. The highest BCUT2D eigenvalue weighted by molar-refractivity contribution is 7.47. The molecule has 0 aromatic carbocycles. The van der Waals surface area contributed by atoms with E-state index in [9.17, 15) is 19.0 Å². The number of carbonyl (C=O) groups is 2. The van der Waals surface area contributed by atoms with Gasteiger partial charge in [0, 0.05) is 12.8 Å². The average Bonchev–Trinajstić information content (AvgIpc) is 3.35. The summed E-state index contributed by atoms with van der Waals surface area (Å²) in [5, 5.41) is 3.05. The van der Waals surface area contributed by atoms with Gasteiger partial charge in [0.1, 0.15) is 19.3 Å². The lowest BCUT2D eigenvalue weighted by Gasteiger charge is -2.27. The van der Waals surface area contributed by atoms with Gasteiger partial charge in [-0.15, -0.1) is 0 Å². The average molecular weight is 1050 g/mol. The topological polar surface area (TPSA) is 111 Å². The summed E-state index contributed by atoms with van der Waals surface area (Å²) in [5.74, 6) is -0.515. The Labute approximate surface area is 451 Å². The third-order valence-corrected chi connectivity index (χ3v) is 14.4. The van der Waals surface area contributed by atoms with Crippen LogP contribution in [0.4, 0.5) is 0 Å². The SMILES string of the molecule is CCCCC/C=C\C/C=C\C/C=C\CCCCCCCCCCC(=O)NC(COP(=O)(O)OCC[N+](C)(C)C)C(/C=C\CCCCCCCCCCC)OC(=O)CCCCCCCCC/C=C\CCCCCC. The molecule has 3 unspecified atom stereocenters. The summed E-state index contributed by atoms with van der Waals surface area (Å²) in [6.45, 7) is 6.97. The molecule has 0 aliphatic rings. The number of ether oxygens (including phenoxy) is 1. The van der Waals surface area contributed by atoms with Gasteiger partial charge in [-0.05, 0) is 96.0 Å². The highest BCUT2D eigenvalue weighted by Gasteiger charge is 2.30. The van der Waals surface area contributed by atoms with Crippen molar-refractivity contribution in [2.45, 2.75) is 290 Å². The Morgan fingerprint density at radius 1 is 0.479 bits per heavy atom. The van der Waals surface area contributed by atoms with Gasteiger partial charge in [0.25, 0.3) is 0 Å². The molecular weight excluding hydrogens is 928 g/mol. The maximum Gasteiger partial charge on any atom is 0.472 e. The van der Waals surface area contributed by atoms with Crippen LogP contribution < -0.4 is 5.32 Å². The molecule has 0 rings (SSSR count). The molecule has 0 radical (unpaired) electrons. The van der Waals surface area contributed by atoms with Gasteiger partial charge >= 0.3 is 13.8 Å². The minimum Gasteiger partial charge on any atom is -0.456 e. The van der Waals surface area contributed by atoms with E-state index in [1.54, 1.807) is 0 Å². The van der Waals surface area contributed by atoms with E-state index in [2.05, 4.69) is 74.7 Å². The molecule has 0 spiro atoms. The molecule has 426 valence electrons. The van der Waals surface area contributed by atoms with E-state index in [0.29, 0.717) is 17.4 Å². The molecule has 0 fully saturated rings. The molecular formula is C63H118N2O7P+. The molecule has 73 heavy (non-hydrogen) atoms. The summed E-state index contributed by atoms with van der Waals surface area (Å²) in [5.41, 5.74) is 0. The fourth-order valence-electron chi connectivity index (χ4n) is 8.65. The number of nitrogens with zero attached hydrogens (tertiary/aromatic N) is 1. The number of phosphoric ester groups is 1. The van der Waals surface area contributed by atoms with Gasteiger partial charge < -0.3 is 19.4 Å². The minimum atomic E-state index is -4.45. The normalized spacial score (nSPS) is 14.1. The van der Waals surface area contributed by atoms with Gasteiger partial charge in [-0.2, -0.15) is 0 Å². The van der Waals surface area contributed by atoms with Gasteiger partial charge in [-0.1, -0.05) is 230 Å². The molecule has 10 heteroatoms. The summed E-state index contributed by atoms with van der Waals surface area (Å²) in [7, 11) is 1.49. The van der Waals surface area contributed by atoms with Crippen molar-refractivity contribution in [3.63, 3.8) is 0 Å². The Kier molecular flexibility index (Phi) is 51.5. The van der Waals surface area contributed by atoms with Crippen LogP contribution in [0, 0.1) is 0 Å². The van der Waals surface area contributed by atoms with Crippen LogP contribution >= 0.6 is 7.82 Å². The van der Waals surface area contributed by atoms with Gasteiger partial charge in [0.2, 0.25) is 5.91 Å². The van der Waals surface area contributed by atoms with Crippen LogP contribution in [0.2, 0.25) is 0 Å². The molecule has 0 aliphatic heterocycles. The molecule has 1 amide bonds. The third kappa shape index (κ3) is 54.3. The quantitative estimate of drug-likeness (QED) is 0.0205. The molecule has 0 heterocycles. The highest BCUT2D eigenvalue weighted by Crippen LogP contribution is 2.43. The Balaban J connectivity index is 5.23. The zero-order chi connectivity index (χ0) is 53.6. The maximum absolute atomic E-state index is 13.5. The number of carbonyl (C=O) groups excluding carboxylic acids is 2. The number of allylic oxidation sites excluding steroid dienone is 9. The predicted molar refractivity (Wildman–Crippen MR) is 314 cm³/mol. The number of hydrogen-bond acceptors (Lipinski definition) is 6. The molecule has 0 aromatic rings. The van der Waals surface area contributed by atoms with Crippen molar-refractivity contribution < 1.29 is 37.3 Å². The first-order chi connectivity index (χ1) is 35.4. The number of amides is 1. The molecule has 0 aliphatic carbocycles. The zero-order valence-corrected chi connectivity index (χ0v) is 49.5. The van der Waals surface area contributed by atoms with Crippen LogP contribution in [0.1, 0.15) is 278 Å². The number of likely N-dealkylation sites (N-methyl/N-ethyl adjacent to an activating group) is 1. The second-order valence-electron chi connectivity index (χ2n) is 21.9. The summed E-state index contributed by atoms with van der Waals surface area (Å²) in [6, 6.07) is -0.854. The van der Waals surface area contributed by atoms with Gasteiger partial charge in [-0.25, -0.2) is 4.57 Å². The van der Waals surface area contributed by atoms with E-state index in [4.69, 9.17) is 13.8 Å². The lowest BCUT2D eigenvalue weighted by molar-refractivity contribution is -0.870. The van der Waals surface area contributed by atoms with E-state index < -0.39 is 20.0 Å². The Bertz CT molecular complexity index is 1440. The van der Waals surface area contributed by atoms with Crippen LogP contribution in [0.25, 0.3) is 0 Å².